The molecule has 3 aromatic rings. The van der Waals surface area contributed by atoms with Gasteiger partial charge in [0.15, 0.2) is 0 Å². The Bertz CT molecular complexity index is 908. The van der Waals surface area contributed by atoms with E-state index < -0.39 is 0 Å². The van der Waals surface area contributed by atoms with Crippen molar-refractivity contribution in [3.8, 4) is 22.6 Å². The van der Waals surface area contributed by atoms with Crippen molar-refractivity contribution in [3.63, 3.8) is 0 Å². The molecule has 4 rings (SSSR count). The molecule has 0 atom stereocenters. The second-order valence-electron chi connectivity index (χ2n) is 7.11. The summed E-state index contributed by atoms with van der Waals surface area (Å²) in [6, 6.07) is 15.7. The molecule has 2 aromatic carbocycles. The minimum absolute atomic E-state index is 0.555. The summed E-state index contributed by atoms with van der Waals surface area (Å²) in [4.78, 5) is 11.3. The molecule has 0 radical (unpaired) electrons. The lowest BCUT2D eigenvalue weighted by Gasteiger charge is -2.26. The van der Waals surface area contributed by atoms with E-state index in [1.165, 1.54) is 0 Å². The molecule has 1 aromatic heterocycles. The van der Waals surface area contributed by atoms with Gasteiger partial charge in [-0.2, -0.15) is 0 Å². The van der Waals surface area contributed by atoms with Crippen LogP contribution in [0.15, 0.2) is 60.9 Å². The molecule has 7 heteroatoms. The zero-order valence-corrected chi connectivity index (χ0v) is 17.2. The normalized spacial score (nSPS) is 14.3. The summed E-state index contributed by atoms with van der Waals surface area (Å²) in [6.07, 6.45) is 3.62. The van der Waals surface area contributed by atoms with Crippen molar-refractivity contribution in [1.82, 2.24) is 20.2 Å². The van der Waals surface area contributed by atoms with Gasteiger partial charge < -0.3 is 20.1 Å². The molecule has 0 aliphatic carbocycles. The third-order valence-electron chi connectivity index (χ3n) is 5.07. The first-order valence-corrected chi connectivity index (χ1v) is 10.2. The molecule has 1 saturated heterocycles. The smallest absolute Gasteiger partial charge is 0.227 e. The zero-order valence-electron chi connectivity index (χ0n) is 17.2. The van der Waals surface area contributed by atoms with Crippen LogP contribution in [0, 0.1) is 0 Å². The first kappa shape index (κ1) is 20.1. The molecule has 0 saturated carbocycles. The first-order chi connectivity index (χ1) is 14.8. The third-order valence-corrected chi connectivity index (χ3v) is 5.07. The molecule has 2 heterocycles. The topological polar surface area (TPSA) is 71.5 Å². The minimum atomic E-state index is 0.555. The van der Waals surface area contributed by atoms with Crippen LogP contribution in [0.25, 0.3) is 11.1 Å². The summed E-state index contributed by atoms with van der Waals surface area (Å²) in [5, 5.41) is 6.58. The van der Waals surface area contributed by atoms with Crippen molar-refractivity contribution >= 4 is 11.6 Å². The molecule has 1 aliphatic heterocycles. The second kappa shape index (κ2) is 10.0. The Morgan fingerprint density at radius 3 is 2.23 bits per heavy atom. The average molecular weight is 406 g/mol. The number of methoxy groups -OCH3 is 1. The fourth-order valence-electron chi connectivity index (χ4n) is 3.32. The number of nitrogens with zero attached hydrogens (tertiary/aromatic N) is 3. The van der Waals surface area contributed by atoms with Gasteiger partial charge in [0.25, 0.3) is 0 Å². The largest absolute Gasteiger partial charge is 0.497 e. The number of hydrogen-bond donors (Lipinski definition) is 2. The van der Waals surface area contributed by atoms with E-state index in [4.69, 9.17) is 9.47 Å². The molecule has 0 unspecified atom stereocenters. The first-order valence-electron chi connectivity index (χ1n) is 10.2. The third kappa shape index (κ3) is 5.46. The van der Waals surface area contributed by atoms with E-state index >= 15 is 0 Å². The lowest BCUT2D eigenvalue weighted by molar-refractivity contribution is 0.191. The Morgan fingerprint density at radius 2 is 1.57 bits per heavy atom. The second-order valence-corrected chi connectivity index (χ2v) is 7.11. The monoisotopic (exact) mass is 405 g/mol. The quantitative estimate of drug-likeness (QED) is 0.596. The number of piperazine rings is 1. The molecule has 156 valence electrons. The number of aromatic nitrogens is 2. The molecule has 2 N–H and O–H groups in total. The van der Waals surface area contributed by atoms with E-state index in [2.05, 4.69) is 25.5 Å². The Kier molecular flexibility index (Phi) is 6.74. The molecule has 0 bridgehead atoms. The van der Waals surface area contributed by atoms with Crippen molar-refractivity contribution in [2.45, 2.75) is 0 Å². The number of nitrogens with one attached hydrogen (secondary N) is 2. The number of rotatable bonds is 8. The SMILES string of the molecule is COc1ccc(-c2cnc(Nc3ccc(OCCN4CCNCC4)cc3)nc2)cc1. The summed E-state index contributed by atoms with van der Waals surface area (Å²) in [7, 11) is 1.66. The van der Waals surface area contributed by atoms with Crippen LogP contribution >= 0.6 is 0 Å². The van der Waals surface area contributed by atoms with E-state index in [-0.39, 0.29) is 0 Å². The van der Waals surface area contributed by atoms with Crippen LogP contribution in [0.1, 0.15) is 0 Å². The standard InChI is InChI=1S/C23H27N5O2/c1-29-21-6-2-18(3-7-21)19-16-25-23(26-17-19)27-20-4-8-22(9-5-20)30-15-14-28-12-10-24-11-13-28/h2-9,16-17,24H,10-15H2,1H3,(H,25,26,27). The predicted octanol–water partition coefficient (Wildman–Crippen LogP) is 3.18. The van der Waals surface area contributed by atoms with E-state index in [9.17, 15) is 0 Å². The minimum Gasteiger partial charge on any atom is -0.497 e. The van der Waals surface area contributed by atoms with Crippen molar-refractivity contribution in [2.24, 2.45) is 0 Å². The van der Waals surface area contributed by atoms with Crippen LogP contribution < -0.4 is 20.1 Å². The average Bonchev–Trinajstić information content (AvgIpc) is 2.81. The molecule has 1 fully saturated rings. The van der Waals surface area contributed by atoms with Gasteiger partial charge in [-0.05, 0) is 42.0 Å². The fourth-order valence-corrected chi connectivity index (χ4v) is 3.32. The van der Waals surface area contributed by atoms with Crippen molar-refractivity contribution in [1.29, 1.82) is 0 Å². The maximum Gasteiger partial charge on any atom is 0.227 e. The number of benzene rings is 2. The van der Waals surface area contributed by atoms with Crippen LogP contribution in [0.3, 0.4) is 0 Å². The summed E-state index contributed by atoms with van der Waals surface area (Å²) < 4.78 is 11.1. The van der Waals surface area contributed by atoms with E-state index in [1.807, 2.05) is 60.9 Å². The van der Waals surface area contributed by atoms with Crippen LogP contribution in [0.5, 0.6) is 11.5 Å². The van der Waals surface area contributed by atoms with Gasteiger partial charge in [-0.3, -0.25) is 4.90 Å². The molecule has 0 spiro atoms. The number of ether oxygens (including phenoxy) is 2. The Balaban J connectivity index is 1.28. The highest BCUT2D eigenvalue weighted by atomic mass is 16.5. The predicted molar refractivity (Wildman–Crippen MR) is 119 cm³/mol. The maximum atomic E-state index is 5.87. The van der Waals surface area contributed by atoms with Gasteiger partial charge in [0.2, 0.25) is 5.95 Å². The van der Waals surface area contributed by atoms with Gasteiger partial charge >= 0.3 is 0 Å². The summed E-state index contributed by atoms with van der Waals surface area (Å²) >= 11 is 0. The Hall–Kier alpha value is -3.16. The van der Waals surface area contributed by atoms with E-state index in [0.29, 0.717) is 12.6 Å². The van der Waals surface area contributed by atoms with Gasteiger partial charge in [0, 0.05) is 56.4 Å². The van der Waals surface area contributed by atoms with Crippen molar-refractivity contribution in [3.05, 3.63) is 60.9 Å². The van der Waals surface area contributed by atoms with Gasteiger partial charge in [-0.25, -0.2) is 9.97 Å². The highest BCUT2D eigenvalue weighted by Crippen LogP contribution is 2.23. The maximum absolute atomic E-state index is 5.87. The van der Waals surface area contributed by atoms with Crippen LogP contribution in [0.2, 0.25) is 0 Å². The lowest BCUT2D eigenvalue weighted by Crippen LogP contribution is -2.44. The summed E-state index contributed by atoms with van der Waals surface area (Å²) in [5.41, 5.74) is 2.92. The summed E-state index contributed by atoms with van der Waals surface area (Å²) in [5.74, 6) is 2.25. The number of hydrogen-bond acceptors (Lipinski definition) is 7. The molecule has 1 aliphatic rings. The van der Waals surface area contributed by atoms with Crippen molar-refractivity contribution in [2.75, 3.05) is 51.8 Å². The summed E-state index contributed by atoms with van der Waals surface area (Å²) in [6.45, 7) is 5.94. The van der Waals surface area contributed by atoms with Crippen molar-refractivity contribution < 1.29 is 9.47 Å². The van der Waals surface area contributed by atoms with Gasteiger partial charge in [-0.1, -0.05) is 12.1 Å². The van der Waals surface area contributed by atoms with Gasteiger partial charge in [-0.15, -0.1) is 0 Å². The molecule has 30 heavy (non-hydrogen) atoms. The highest BCUT2D eigenvalue weighted by molar-refractivity contribution is 5.63. The van der Waals surface area contributed by atoms with E-state index in [0.717, 1.165) is 61.0 Å². The van der Waals surface area contributed by atoms with Crippen LogP contribution in [0.4, 0.5) is 11.6 Å². The van der Waals surface area contributed by atoms with Gasteiger partial charge in [0.05, 0.1) is 7.11 Å². The molecule has 7 nitrogen and oxygen atoms in total. The van der Waals surface area contributed by atoms with Gasteiger partial charge in [0.1, 0.15) is 18.1 Å². The molecular formula is C23H27N5O2. The van der Waals surface area contributed by atoms with Crippen LogP contribution in [-0.2, 0) is 0 Å². The highest BCUT2D eigenvalue weighted by Gasteiger charge is 2.09. The van der Waals surface area contributed by atoms with Crippen LogP contribution in [-0.4, -0.2) is 61.3 Å². The Morgan fingerprint density at radius 1 is 0.900 bits per heavy atom. The zero-order chi connectivity index (χ0) is 20.6. The molecule has 0 amide bonds. The number of anilines is 2. The van der Waals surface area contributed by atoms with E-state index in [1.54, 1.807) is 7.11 Å². The molecular weight excluding hydrogens is 378 g/mol. The lowest BCUT2D eigenvalue weighted by atomic mass is 10.1. The Labute approximate surface area is 177 Å². The fraction of sp³-hybridized carbons (Fsp3) is 0.304.